The van der Waals surface area contributed by atoms with Gasteiger partial charge in [0.15, 0.2) is 9.84 Å². The molecule has 0 heterocycles. The lowest BCUT2D eigenvalue weighted by atomic mass is 10.4. The van der Waals surface area contributed by atoms with Crippen LogP contribution in [0.2, 0.25) is 0 Å². The van der Waals surface area contributed by atoms with Gasteiger partial charge in [-0.2, -0.15) is 0 Å². The Bertz CT molecular complexity index is 560. The molecule has 5 heteroatoms. The standard InChI is InChI=1S/C14H17NO3S/c1-2-3-7-11-15-14(16)10-12-19(17,18)13-8-5-4-6-9-13/h2-6,8-10,12H,7,11H2,1H3,(H,15,16)/b3-2+,12-10+. The molecule has 0 atom stereocenters. The first-order valence-electron chi connectivity index (χ1n) is 5.93. The molecule has 0 aliphatic heterocycles. The summed E-state index contributed by atoms with van der Waals surface area (Å²) in [6.07, 6.45) is 5.58. The lowest BCUT2D eigenvalue weighted by Crippen LogP contribution is -2.21. The summed E-state index contributed by atoms with van der Waals surface area (Å²) in [5.74, 6) is -0.413. The fourth-order valence-electron chi connectivity index (χ4n) is 1.34. The van der Waals surface area contributed by atoms with Gasteiger partial charge in [0.1, 0.15) is 0 Å². The van der Waals surface area contributed by atoms with Crippen LogP contribution in [0.25, 0.3) is 0 Å². The van der Waals surface area contributed by atoms with E-state index in [4.69, 9.17) is 0 Å². The molecule has 0 bridgehead atoms. The number of carbonyl (C=O) groups excluding carboxylic acids is 1. The van der Waals surface area contributed by atoms with E-state index in [-0.39, 0.29) is 4.90 Å². The minimum absolute atomic E-state index is 0.174. The predicted octanol–water partition coefficient (Wildman–Crippen LogP) is 2.06. The average molecular weight is 279 g/mol. The molecule has 1 aromatic carbocycles. The second kappa shape index (κ2) is 7.53. The number of carbonyl (C=O) groups is 1. The highest BCUT2D eigenvalue weighted by molar-refractivity contribution is 7.94. The van der Waals surface area contributed by atoms with Gasteiger partial charge in [-0.05, 0) is 25.5 Å². The van der Waals surface area contributed by atoms with E-state index >= 15 is 0 Å². The minimum atomic E-state index is -3.55. The van der Waals surface area contributed by atoms with Crippen LogP contribution in [0, 0.1) is 0 Å². The van der Waals surface area contributed by atoms with Gasteiger partial charge in [0.25, 0.3) is 0 Å². The van der Waals surface area contributed by atoms with Crippen molar-refractivity contribution in [3.63, 3.8) is 0 Å². The number of sulfone groups is 1. The zero-order valence-corrected chi connectivity index (χ0v) is 11.6. The molecule has 1 amide bonds. The molecule has 0 aliphatic carbocycles. The highest BCUT2D eigenvalue weighted by atomic mass is 32.2. The minimum Gasteiger partial charge on any atom is -0.352 e. The van der Waals surface area contributed by atoms with Crippen LogP contribution in [-0.4, -0.2) is 20.9 Å². The summed E-state index contributed by atoms with van der Waals surface area (Å²) in [7, 11) is -3.55. The molecule has 0 saturated heterocycles. The van der Waals surface area contributed by atoms with Crippen LogP contribution in [0.5, 0.6) is 0 Å². The Kier molecular flexibility index (Phi) is 6.02. The van der Waals surface area contributed by atoms with Crippen molar-refractivity contribution in [2.24, 2.45) is 0 Å². The number of benzene rings is 1. The molecule has 0 aliphatic rings. The Morgan fingerprint density at radius 3 is 2.58 bits per heavy atom. The fraction of sp³-hybridized carbons (Fsp3) is 0.214. The molecule has 4 nitrogen and oxygen atoms in total. The average Bonchev–Trinajstić information content (AvgIpc) is 2.42. The van der Waals surface area contributed by atoms with Gasteiger partial charge in [-0.3, -0.25) is 4.79 Å². The van der Waals surface area contributed by atoms with Gasteiger partial charge in [0.05, 0.1) is 4.90 Å². The Morgan fingerprint density at radius 1 is 1.26 bits per heavy atom. The molecule has 0 spiro atoms. The van der Waals surface area contributed by atoms with E-state index in [1.807, 2.05) is 19.1 Å². The van der Waals surface area contributed by atoms with Crippen LogP contribution >= 0.6 is 0 Å². The normalized spacial score (nSPS) is 12.1. The fourth-order valence-corrected chi connectivity index (χ4v) is 2.34. The van der Waals surface area contributed by atoms with Gasteiger partial charge < -0.3 is 5.32 Å². The molecule has 1 N–H and O–H groups in total. The lowest BCUT2D eigenvalue weighted by Gasteiger charge is -1.99. The Hall–Kier alpha value is -1.88. The number of rotatable bonds is 6. The molecule has 0 aromatic heterocycles. The predicted molar refractivity (Wildman–Crippen MR) is 75.2 cm³/mol. The first-order valence-corrected chi connectivity index (χ1v) is 7.48. The Balaban J connectivity index is 2.58. The Labute approximate surface area is 113 Å². The molecular formula is C14H17NO3S. The summed E-state index contributed by atoms with van der Waals surface area (Å²) >= 11 is 0. The quantitative estimate of drug-likeness (QED) is 0.492. The maximum absolute atomic E-state index is 11.8. The SMILES string of the molecule is C/C=C/CCNC(=O)/C=C/S(=O)(=O)c1ccccc1. The van der Waals surface area contributed by atoms with Crippen molar-refractivity contribution in [2.75, 3.05) is 6.54 Å². The number of allylic oxidation sites excluding steroid dienone is 1. The molecule has 0 radical (unpaired) electrons. The van der Waals surface area contributed by atoms with Crippen molar-refractivity contribution in [2.45, 2.75) is 18.2 Å². The van der Waals surface area contributed by atoms with Crippen LogP contribution < -0.4 is 5.32 Å². The summed E-state index contributed by atoms with van der Waals surface area (Å²) in [5, 5.41) is 3.52. The van der Waals surface area contributed by atoms with Crippen molar-refractivity contribution in [1.82, 2.24) is 5.32 Å². The van der Waals surface area contributed by atoms with Crippen LogP contribution in [0.4, 0.5) is 0 Å². The van der Waals surface area contributed by atoms with Crippen molar-refractivity contribution >= 4 is 15.7 Å². The highest BCUT2D eigenvalue weighted by Crippen LogP contribution is 2.10. The largest absolute Gasteiger partial charge is 0.352 e. The third kappa shape index (κ3) is 5.52. The van der Waals surface area contributed by atoms with E-state index in [1.165, 1.54) is 12.1 Å². The monoisotopic (exact) mass is 279 g/mol. The third-order valence-corrected chi connectivity index (χ3v) is 3.74. The summed E-state index contributed by atoms with van der Waals surface area (Å²) in [5.41, 5.74) is 0. The van der Waals surface area contributed by atoms with E-state index in [9.17, 15) is 13.2 Å². The van der Waals surface area contributed by atoms with Gasteiger partial charge in [-0.25, -0.2) is 8.42 Å². The molecule has 0 fully saturated rings. The van der Waals surface area contributed by atoms with Crippen LogP contribution in [0.3, 0.4) is 0 Å². The Morgan fingerprint density at radius 2 is 1.95 bits per heavy atom. The molecule has 19 heavy (non-hydrogen) atoms. The molecular weight excluding hydrogens is 262 g/mol. The number of nitrogens with one attached hydrogen (secondary N) is 1. The second-order valence-corrected chi connectivity index (χ2v) is 5.64. The van der Waals surface area contributed by atoms with E-state index in [0.29, 0.717) is 6.54 Å². The third-order valence-electron chi connectivity index (χ3n) is 2.32. The zero-order valence-electron chi connectivity index (χ0n) is 10.7. The van der Waals surface area contributed by atoms with E-state index in [2.05, 4.69) is 5.32 Å². The van der Waals surface area contributed by atoms with Crippen LogP contribution in [0.1, 0.15) is 13.3 Å². The van der Waals surface area contributed by atoms with Crippen molar-refractivity contribution in [3.05, 3.63) is 54.0 Å². The lowest BCUT2D eigenvalue weighted by molar-refractivity contribution is -0.116. The van der Waals surface area contributed by atoms with Crippen molar-refractivity contribution in [3.8, 4) is 0 Å². The number of hydrogen-bond donors (Lipinski definition) is 1. The number of hydrogen-bond acceptors (Lipinski definition) is 3. The van der Waals surface area contributed by atoms with Gasteiger partial charge in [-0.15, -0.1) is 0 Å². The topological polar surface area (TPSA) is 63.2 Å². The molecule has 1 rings (SSSR count). The first kappa shape index (κ1) is 15.2. The first-order chi connectivity index (χ1) is 9.06. The van der Waals surface area contributed by atoms with Crippen molar-refractivity contribution < 1.29 is 13.2 Å². The van der Waals surface area contributed by atoms with Gasteiger partial charge >= 0.3 is 0 Å². The maximum Gasteiger partial charge on any atom is 0.244 e. The molecule has 0 unspecified atom stereocenters. The van der Waals surface area contributed by atoms with Crippen LogP contribution in [-0.2, 0) is 14.6 Å². The smallest absolute Gasteiger partial charge is 0.244 e. The van der Waals surface area contributed by atoms with Crippen molar-refractivity contribution in [1.29, 1.82) is 0 Å². The second-order valence-electron chi connectivity index (χ2n) is 3.81. The van der Waals surface area contributed by atoms with Gasteiger partial charge in [0, 0.05) is 18.0 Å². The van der Waals surface area contributed by atoms with Gasteiger partial charge in [-0.1, -0.05) is 30.4 Å². The van der Waals surface area contributed by atoms with Crippen LogP contribution in [0.15, 0.2) is 58.9 Å². The van der Waals surface area contributed by atoms with E-state index < -0.39 is 15.7 Å². The van der Waals surface area contributed by atoms with Gasteiger partial charge in [0.2, 0.25) is 5.91 Å². The van der Waals surface area contributed by atoms with E-state index in [1.54, 1.807) is 18.2 Å². The molecule has 1 aromatic rings. The summed E-state index contributed by atoms with van der Waals surface area (Å²) in [6, 6.07) is 7.99. The summed E-state index contributed by atoms with van der Waals surface area (Å²) in [6.45, 7) is 2.38. The number of amides is 1. The molecule has 0 saturated carbocycles. The summed E-state index contributed by atoms with van der Waals surface area (Å²) in [4.78, 5) is 11.6. The zero-order chi connectivity index (χ0) is 14.1. The highest BCUT2D eigenvalue weighted by Gasteiger charge is 2.09. The molecule has 102 valence electrons. The maximum atomic E-state index is 11.8. The summed E-state index contributed by atoms with van der Waals surface area (Å²) < 4.78 is 23.7. The van der Waals surface area contributed by atoms with E-state index in [0.717, 1.165) is 17.9 Å².